The second kappa shape index (κ2) is 11.4. The van der Waals surface area contributed by atoms with Gasteiger partial charge < -0.3 is 14.0 Å². The van der Waals surface area contributed by atoms with Gasteiger partial charge in [0.25, 0.3) is 0 Å². The number of para-hydroxylation sites is 3. The van der Waals surface area contributed by atoms with Crippen LogP contribution in [0, 0.1) is 5.41 Å². The normalized spacial score (nSPS) is 12.3. The van der Waals surface area contributed by atoms with E-state index in [4.69, 9.17) is 14.4 Å². The molecule has 6 heteroatoms. The van der Waals surface area contributed by atoms with Crippen molar-refractivity contribution in [2.24, 2.45) is 4.99 Å². The van der Waals surface area contributed by atoms with Crippen molar-refractivity contribution in [3.63, 3.8) is 0 Å². The van der Waals surface area contributed by atoms with Crippen LogP contribution >= 0.6 is 0 Å². The maximum Gasteiger partial charge on any atom is 0.229 e. The van der Waals surface area contributed by atoms with E-state index in [0.29, 0.717) is 11.2 Å². The van der Waals surface area contributed by atoms with Crippen LogP contribution in [0.1, 0.15) is 5.56 Å². The molecule has 11 aromatic rings. The molecule has 248 valence electrons. The summed E-state index contributed by atoms with van der Waals surface area (Å²) < 4.78 is 8.53. The summed E-state index contributed by atoms with van der Waals surface area (Å²) in [4.78, 5) is 13.3. The van der Waals surface area contributed by atoms with Crippen molar-refractivity contribution >= 4 is 82.0 Å². The zero-order valence-corrected chi connectivity index (χ0v) is 28.3. The van der Waals surface area contributed by atoms with Crippen LogP contribution in [-0.4, -0.2) is 20.4 Å². The molecule has 0 fully saturated rings. The van der Waals surface area contributed by atoms with E-state index in [2.05, 4.69) is 113 Å². The van der Waals surface area contributed by atoms with Crippen molar-refractivity contribution in [3.05, 3.63) is 175 Å². The Morgan fingerprint density at radius 3 is 1.92 bits per heavy atom. The maximum absolute atomic E-state index is 9.49. The second-order valence-electron chi connectivity index (χ2n) is 13.4. The van der Waals surface area contributed by atoms with Crippen LogP contribution in [0.5, 0.6) is 0 Å². The molecule has 0 atom stereocenters. The third-order valence-electron chi connectivity index (χ3n) is 10.5. The molecule has 0 saturated heterocycles. The fourth-order valence-corrected chi connectivity index (χ4v) is 8.10. The lowest BCUT2D eigenvalue weighted by Gasteiger charge is -2.13. The molecule has 3 aromatic heterocycles. The molecule has 0 aliphatic heterocycles. The Labute approximate surface area is 302 Å². The number of nitrogens with one attached hydrogen (secondary N) is 2. The van der Waals surface area contributed by atoms with Gasteiger partial charge in [-0.15, -0.1) is 0 Å². The molecule has 3 heterocycles. The van der Waals surface area contributed by atoms with Crippen molar-refractivity contribution in [1.82, 2.24) is 14.5 Å². The lowest BCUT2D eigenvalue weighted by molar-refractivity contribution is 0.669. The first kappa shape index (κ1) is 29.4. The maximum atomic E-state index is 9.49. The molecule has 0 unspecified atom stereocenters. The third-order valence-corrected chi connectivity index (χ3v) is 10.5. The zero-order chi connectivity index (χ0) is 35.0. The van der Waals surface area contributed by atoms with Gasteiger partial charge in [-0.1, -0.05) is 115 Å². The number of benzene rings is 8. The monoisotopic (exact) mass is 679 g/mol. The van der Waals surface area contributed by atoms with Crippen LogP contribution in [0.2, 0.25) is 0 Å². The molecule has 6 nitrogen and oxygen atoms in total. The smallest absolute Gasteiger partial charge is 0.229 e. The van der Waals surface area contributed by atoms with Gasteiger partial charge in [0.15, 0.2) is 5.84 Å². The molecule has 8 aromatic carbocycles. The summed E-state index contributed by atoms with van der Waals surface area (Å²) in [5, 5.41) is 19.8. The second-order valence-corrected chi connectivity index (χ2v) is 13.4. The molecule has 0 spiro atoms. The highest BCUT2D eigenvalue weighted by atomic mass is 16.3. The van der Waals surface area contributed by atoms with Gasteiger partial charge >= 0.3 is 0 Å². The largest absolute Gasteiger partial charge is 0.456 e. The highest BCUT2D eigenvalue weighted by Gasteiger charge is 2.20. The van der Waals surface area contributed by atoms with Gasteiger partial charge in [-0.2, -0.15) is 4.99 Å². The predicted molar refractivity (Wildman–Crippen MR) is 217 cm³/mol. The van der Waals surface area contributed by atoms with E-state index in [1.54, 1.807) is 0 Å². The predicted octanol–water partition coefficient (Wildman–Crippen LogP) is 11.5. The molecule has 0 radical (unpaired) electrons. The van der Waals surface area contributed by atoms with Gasteiger partial charge in [-0.25, -0.2) is 4.98 Å². The van der Waals surface area contributed by atoms with Crippen molar-refractivity contribution in [2.45, 2.75) is 0 Å². The van der Waals surface area contributed by atoms with Gasteiger partial charge in [0.2, 0.25) is 5.62 Å². The van der Waals surface area contributed by atoms with Gasteiger partial charge in [0.1, 0.15) is 11.2 Å². The number of H-pyrrole nitrogens is 1. The Kier molecular flexibility index (Phi) is 6.30. The average molecular weight is 680 g/mol. The summed E-state index contributed by atoms with van der Waals surface area (Å²) in [6, 6.07) is 56.3. The molecule has 0 bridgehead atoms. The van der Waals surface area contributed by atoms with Gasteiger partial charge in [-0.05, 0) is 70.1 Å². The molecule has 0 amide bonds. The van der Waals surface area contributed by atoms with Crippen molar-refractivity contribution in [2.75, 3.05) is 0 Å². The standard InChI is InChI=1S/C47H29N5O/c48-46(51-47-49-37-18-8-5-16-35(37)45(50-47)30-21-24-34-33-15-7-10-20-41(33)53-42(34)27-30)36-17-6-9-19-38(36)52-39-25-22-28-11-1-3-13-31(28)43(39)44-32-14-4-2-12-29(32)23-26-40(44)52/h1-27H,(H2,48,49,50,51). The SMILES string of the molecule is N=C(/N=c1/nc(-c2ccc3c(c2)oc2ccccc23)c2ccccc2[nH]1)c1ccccc1-n1c2ccc3ccccc3c2c2c3ccccc3ccc21. The minimum atomic E-state index is 0.106. The first-order valence-electron chi connectivity index (χ1n) is 17.7. The van der Waals surface area contributed by atoms with Crippen LogP contribution in [0.15, 0.2) is 173 Å². The van der Waals surface area contributed by atoms with Crippen LogP contribution in [-0.2, 0) is 0 Å². The van der Waals surface area contributed by atoms with Crippen molar-refractivity contribution in [3.8, 4) is 16.9 Å². The number of amidine groups is 1. The number of fused-ring (bicyclic) bond motifs is 11. The number of furan rings is 1. The van der Waals surface area contributed by atoms with E-state index in [9.17, 15) is 5.41 Å². The number of nitrogens with zero attached hydrogens (tertiary/aromatic N) is 3. The Balaban J connectivity index is 1.12. The summed E-state index contributed by atoms with van der Waals surface area (Å²) in [5.41, 5.74) is 8.29. The Morgan fingerprint density at radius 1 is 0.566 bits per heavy atom. The number of aromatic nitrogens is 3. The summed E-state index contributed by atoms with van der Waals surface area (Å²) in [7, 11) is 0. The van der Waals surface area contributed by atoms with E-state index < -0.39 is 0 Å². The number of hydrogen-bond donors (Lipinski definition) is 2. The molecule has 0 saturated carbocycles. The zero-order valence-electron chi connectivity index (χ0n) is 28.3. The minimum absolute atomic E-state index is 0.106. The summed E-state index contributed by atoms with van der Waals surface area (Å²) in [6.45, 7) is 0. The molecule has 0 aliphatic carbocycles. The Bertz CT molecular complexity index is 3290. The van der Waals surface area contributed by atoms with E-state index >= 15 is 0 Å². The molecule has 11 rings (SSSR count). The Morgan fingerprint density at radius 2 is 1.17 bits per heavy atom. The van der Waals surface area contributed by atoms with E-state index in [1.165, 1.54) is 32.3 Å². The summed E-state index contributed by atoms with van der Waals surface area (Å²) >= 11 is 0. The highest BCUT2D eigenvalue weighted by Crippen LogP contribution is 2.41. The summed E-state index contributed by atoms with van der Waals surface area (Å²) in [6.07, 6.45) is 0. The Hall–Kier alpha value is -7.31. The van der Waals surface area contributed by atoms with Crippen LogP contribution in [0.25, 0.3) is 93.1 Å². The van der Waals surface area contributed by atoms with Gasteiger partial charge in [0, 0.05) is 38.1 Å². The quantitative estimate of drug-likeness (QED) is 0.144. The lowest BCUT2D eigenvalue weighted by Crippen LogP contribution is -2.17. The first-order chi connectivity index (χ1) is 26.2. The van der Waals surface area contributed by atoms with Crippen molar-refractivity contribution < 1.29 is 4.42 Å². The average Bonchev–Trinajstić information content (AvgIpc) is 3.76. The number of aromatic amines is 1. The minimum Gasteiger partial charge on any atom is -0.456 e. The fourth-order valence-electron chi connectivity index (χ4n) is 8.10. The first-order valence-corrected chi connectivity index (χ1v) is 17.7. The third kappa shape index (κ3) is 4.49. The lowest BCUT2D eigenvalue weighted by atomic mass is 10.00. The van der Waals surface area contributed by atoms with Crippen LogP contribution < -0.4 is 5.62 Å². The number of hydrogen-bond acceptors (Lipinski definition) is 3. The van der Waals surface area contributed by atoms with Crippen molar-refractivity contribution in [1.29, 1.82) is 5.41 Å². The van der Waals surface area contributed by atoms with E-state index in [1.807, 2.05) is 60.7 Å². The number of rotatable bonds is 3. The topological polar surface area (TPSA) is 83.0 Å². The van der Waals surface area contributed by atoms with E-state index in [0.717, 1.165) is 60.8 Å². The fraction of sp³-hybridized carbons (Fsp3) is 0. The molecule has 53 heavy (non-hydrogen) atoms. The van der Waals surface area contributed by atoms with E-state index in [-0.39, 0.29) is 5.84 Å². The van der Waals surface area contributed by atoms with Crippen LogP contribution in [0.4, 0.5) is 0 Å². The van der Waals surface area contributed by atoms with Crippen LogP contribution in [0.3, 0.4) is 0 Å². The highest BCUT2D eigenvalue weighted by molar-refractivity contribution is 6.28. The van der Waals surface area contributed by atoms with Gasteiger partial charge in [-0.3, -0.25) is 5.41 Å². The molecule has 0 aliphatic rings. The molecular formula is C47H29N5O. The summed E-state index contributed by atoms with van der Waals surface area (Å²) in [5.74, 6) is 0.106. The molecular weight excluding hydrogens is 651 g/mol. The van der Waals surface area contributed by atoms with Gasteiger partial charge in [0.05, 0.1) is 27.9 Å². The molecule has 2 N–H and O–H groups in total.